The quantitative estimate of drug-likeness (QED) is 0.278. The van der Waals surface area contributed by atoms with Crippen LogP contribution in [0, 0.1) is 0 Å². The van der Waals surface area contributed by atoms with Gasteiger partial charge < -0.3 is 20.4 Å². The lowest BCUT2D eigenvalue weighted by atomic mass is 10.1. The number of hydrogen-bond acceptors (Lipinski definition) is 6. The van der Waals surface area contributed by atoms with Gasteiger partial charge in [-0.15, -0.1) is 0 Å². The van der Waals surface area contributed by atoms with Gasteiger partial charge in [-0.05, 0) is 36.2 Å². The summed E-state index contributed by atoms with van der Waals surface area (Å²) in [7, 11) is 0. The number of aromatic nitrogens is 1. The first-order valence-corrected chi connectivity index (χ1v) is 11.0. The maximum atomic E-state index is 13.1. The lowest BCUT2D eigenvalue weighted by molar-refractivity contribution is -0.138. The van der Waals surface area contributed by atoms with Gasteiger partial charge in [-0.25, -0.2) is 0 Å². The monoisotopic (exact) mass is 471 g/mol. The molecule has 0 saturated carbocycles. The maximum Gasteiger partial charge on any atom is 0.320 e. The van der Waals surface area contributed by atoms with Crippen LogP contribution in [-0.4, -0.2) is 33.3 Å². The van der Waals surface area contributed by atoms with Crippen LogP contribution >= 0.6 is 0 Å². The third kappa shape index (κ3) is 5.74. The van der Waals surface area contributed by atoms with Crippen LogP contribution in [0.1, 0.15) is 22.8 Å². The Balaban J connectivity index is 1.49. The second-order valence-electron chi connectivity index (χ2n) is 8.01. The summed E-state index contributed by atoms with van der Waals surface area (Å²) in [5.41, 5.74) is 8.18. The van der Waals surface area contributed by atoms with Crippen LogP contribution < -0.4 is 15.3 Å². The smallest absolute Gasteiger partial charge is 0.320 e. The van der Waals surface area contributed by atoms with Gasteiger partial charge in [0, 0.05) is 24.1 Å². The highest BCUT2D eigenvalue weighted by molar-refractivity contribution is 6.39. The fourth-order valence-corrected chi connectivity index (χ4v) is 3.60. The number of rotatable bonds is 9. The number of para-hydroxylation sites is 1. The summed E-state index contributed by atoms with van der Waals surface area (Å²) in [6, 6.07) is 23.0. The molecule has 1 heterocycles. The molecule has 178 valence electrons. The molecule has 0 radical (unpaired) electrons. The van der Waals surface area contributed by atoms with E-state index in [0.29, 0.717) is 29.2 Å². The predicted octanol–water partition coefficient (Wildman–Crippen LogP) is 4.27. The number of nitrogens with two attached hydrogens (primary N) is 1. The molecule has 8 heteroatoms. The topological polar surface area (TPSA) is 116 Å². The van der Waals surface area contributed by atoms with Crippen molar-refractivity contribution in [3.05, 3.63) is 96.2 Å². The molecule has 4 aromatic rings. The van der Waals surface area contributed by atoms with Gasteiger partial charge >= 0.3 is 5.97 Å². The van der Waals surface area contributed by atoms with Crippen molar-refractivity contribution in [1.29, 1.82) is 0 Å². The lowest BCUT2D eigenvalue weighted by Gasteiger charge is -2.08. The van der Waals surface area contributed by atoms with Crippen molar-refractivity contribution in [2.75, 3.05) is 0 Å². The Hall–Kier alpha value is -4.43. The molecule has 4 rings (SSSR count). The number of carboxylic acids is 1. The Bertz CT molecular complexity index is 1380. The van der Waals surface area contributed by atoms with E-state index in [9.17, 15) is 9.59 Å². The molecule has 3 aromatic carbocycles. The van der Waals surface area contributed by atoms with E-state index < -0.39 is 17.9 Å². The zero-order valence-electron chi connectivity index (χ0n) is 19.1. The minimum absolute atomic E-state index is 0.0958. The van der Waals surface area contributed by atoms with Gasteiger partial charge in [0.25, 0.3) is 5.91 Å². The van der Waals surface area contributed by atoms with Gasteiger partial charge in [-0.3, -0.25) is 14.2 Å². The minimum atomic E-state index is -1.10. The molecule has 1 atom stereocenters. The highest BCUT2D eigenvalue weighted by Crippen LogP contribution is 2.23. The fourth-order valence-electron chi connectivity index (χ4n) is 3.60. The number of carboxylic acid groups (broad SMARTS) is 1. The molecule has 0 fully saturated rings. The van der Waals surface area contributed by atoms with Gasteiger partial charge in [-0.1, -0.05) is 59.8 Å². The highest BCUT2D eigenvalue weighted by Gasteiger charge is 2.20. The van der Waals surface area contributed by atoms with Gasteiger partial charge in [0.15, 0.2) is 5.75 Å². The van der Waals surface area contributed by atoms with Crippen LogP contribution in [0.5, 0.6) is 11.5 Å². The van der Waals surface area contributed by atoms with Crippen LogP contribution in [0.25, 0.3) is 10.9 Å². The number of aliphatic carboxylic acids is 1. The second-order valence-corrected chi connectivity index (χ2v) is 8.01. The van der Waals surface area contributed by atoms with Gasteiger partial charge in [0.2, 0.25) is 0 Å². The van der Waals surface area contributed by atoms with Crippen LogP contribution in [0.15, 0.2) is 90.2 Å². The summed E-state index contributed by atoms with van der Waals surface area (Å²) >= 11 is 0. The normalized spacial score (nSPS) is 12.3. The molecule has 0 aliphatic rings. The zero-order chi connectivity index (χ0) is 24.8. The van der Waals surface area contributed by atoms with E-state index in [-0.39, 0.29) is 12.1 Å². The first kappa shape index (κ1) is 23.7. The Morgan fingerprint density at radius 2 is 1.71 bits per heavy atom. The summed E-state index contributed by atoms with van der Waals surface area (Å²) < 4.78 is 7.24. The van der Waals surface area contributed by atoms with E-state index in [1.165, 1.54) is 4.57 Å². The summed E-state index contributed by atoms with van der Waals surface area (Å²) in [6.07, 6.45) is 1.70. The summed E-state index contributed by atoms with van der Waals surface area (Å²) in [5.74, 6) is -0.461. The zero-order valence-corrected chi connectivity index (χ0v) is 19.1. The molecule has 8 nitrogen and oxygen atoms in total. The summed E-state index contributed by atoms with van der Waals surface area (Å²) in [6.45, 7) is 1.97. The van der Waals surface area contributed by atoms with Gasteiger partial charge in [0.05, 0.1) is 5.52 Å². The summed E-state index contributed by atoms with van der Waals surface area (Å²) in [4.78, 5) is 29.8. The Labute approximate surface area is 202 Å². The third-order valence-electron chi connectivity index (χ3n) is 5.42. The highest BCUT2D eigenvalue weighted by atomic mass is 16.6. The van der Waals surface area contributed by atoms with Crippen LogP contribution in [0.2, 0.25) is 0 Å². The number of oxime groups is 1. The number of hydrogen-bond donors (Lipinski definition) is 2. The molecular formula is C27H25N3O5. The van der Waals surface area contributed by atoms with Crippen molar-refractivity contribution < 1.29 is 24.3 Å². The Morgan fingerprint density at radius 3 is 2.49 bits per heavy atom. The molecule has 1 unspecified atom stereocenters. The molecule has 3 N–H and O–H groups in total. The van der Waals surface area contributed by atoms with Crippen molar-refractivity contribution in [2.24, 2.45) is 10.9 Å². The Kier molecular flexibility index (Phi) is 7.23. The fraction of sp³-hybridized carbons (Fsp3) is 0.148. The maximum absolute atomic E-state index is 13.1. The molecule has 0 aliphatic heterocycles. The number of carbonyl (C=O) groups excluding carboxylic acids is 1. The molecule has 1 aromatic heterocycles. The first-order valence-electron chi connectivity index (χ1n) is 11.0. The lowest BCUT2D eigenvalue weighted by Crippen LogP contribution is -2.32. The number of nitrogens with zero attached hydrogens (tertiary/aromatic N) is 2. The Morgan fingerprint density at radius 1 is 1.00 bits per heavy atom. The van der Waals surface area contributed by atoms with Crippen molar-refractivity contribution in [3.8, 4) is 11.5 Å². The summed E-state index contributed by atoms with van der Waals surface area (Å²) in [5, 5.41) is 13.9. The number of benzene rings is 3. The van der Waals surface area contributed by atoms with Crippen LogP contribution in [0.3, 0.4) is 0 Å². The molecule has 35 heavy (non-hydrogen) atoms. The van der Waals surface area contributed by atoms with Gasteiger partial charge in [-0.2, -0.15) is 0 Å². The molecule has 0 amide bonds. The molecular weight excluding hydrogens is 446 g/mol. The van der Waals surface area contributed by atoms with E-state index in [0.717, 1.165) is 10.9 Å². The van der Waals surface area contributed by atoms with Crippen molar-refractivity contribution in [1.82, 2.24) is 4.57 Å². The van der Waals surface area contributed by atoms with E-state index in [2.05, 4.69) is 5.16 Å². The molecule has 0 spiro atoms. The van der Waals surface area contributed by atoms with E-state index in [1.807, 2.05) is 48.5 Å². The molecule has 0 aliphatic carbocycles. The standard InChI is InChI=1S/C27H25N3O5/c1-18(29-35-22-11-7-10-21(15-22)34-17-19-8-3-2-4-9-19)26(31)30-16-20(14-24(28)27(32)33)23-12-5-6-13-25(23)30/h2-13,15-16,24H,14,17,28H2,1H3,(H,32,33)/b29-18+. The van der Waals surface area contributed by atoms with E-state index in [4.69, 9.17) is 20.4 Å². The van der Waals surface area contributed by atoms with Gasteiger partial charge in [0.1, 0.15) is 24.1 Å². The van der Waals surface area contributed by atoms with Crippen LogP contribution in [0.4, 0.5) is 0 Å². The largest absolute Gasteiger partial charge is 0.489 e. The number of fused-ring (bicyclic) bond motifs is 1. The average molecular weight is 472 g/mol. The van der Waals surface area contributed by atoms with E-state index >= 15 is 0 Å². The second kappa shape index (κ2) is 10.7. The first-order chi connectivity index (χ1) is 16.9. The molecule has 0 bridgehead atoms. The predicted molar refractivity (Wildman–Crippen MR) is 133 cm³/mol. The third-order valence-corrected chi connectivity index (χ3v) is 5.42. The van der Waals surface area contributed by atoms with Crippen molar-refractivity contribution in [2.45, 2.75) is 26.0 Å². The number of ether oxygens (including phenoxy) is 1. The van der Waals surface area contributed by atoms with Crippen molar-refractivity contribution >= 4 is 28.5 Å². The molecule has 0 saturated heterocycles. The average Bonchev–Trinajstić information content (AvgIpc) is 3.24. The van der Waals surface area contributed by atoms with E-state index in [1.54, 1.807) is 43.5 Å². The minimum Gasteiger partial charge on any atom is -0.489 e. The SMILES string of the molecule is C/C(=N\Oc1cccc(OCc2ccccc2)c1)C(=O)n1cc(CC(N)C(=O)O)c2ccccc21. The number of carbonyl (C=O) groups is 2. The van der Waals surface area contributed by atoms with Crippen molar-refractivity contribution in [3.63, 3.8) is 0 Å². The van der Waals surface area contributed by atoms with Crippen LogP contribution in [-0.2, 0) is 17.8 Å².